The van der Waals surface area contributed by atoms with E-state index in [-0.39, 0.29) is 12.2 Å². The Morgan fingerprint density at radius 3 is 2.60 bits per heavy atom. The van der Waals surface area contributed by atoms with Crippen LogP contribution < -0.4 is 19.6 Å². The van der Waals surface area contributed by atoms with E-state index in [1.807, 2.05) is 58.2 Å². The van der Waals surface area contributed by atoms with E-state index in [1.165, 1.54) is 11.3 Å². The third-order valence-corrected chi connectivity index (χ3v) is 7.41. The van der Waals surface area contributed by atoms with E-state index in [9.17, 15) is 9.59 Å². The lowest BCUT2D eigenvalue weighted by Crippen LogP contribution is -2.40. The minimum absolute atomic E-state index is 0.192. The maximum absolute atomic E-state index is 13.9. The number of allylic oxidation sites excluding steroid dienone is 1. The Morgan fingerprint density at radius 2 is 1.97 bits per heavy atom. The molecule has 3 heterocycles. The first kappa shape index (κ1) is 24.7. The van der Waals surface area contributed by atoms with Gasteiger partial charge in [0.2, 0.25) is 0 Å². The van der Waals surface area contributed by atoms with E-state index in [0.717, 1.165) is 28.9 Å². The standard InChI is InChI=1S/C27H31N3O4S/c1-7-11-20-23(26(32)34-8-2)24(19-12-9-10-13-21(19)33-6)30-25(31)22(35-27(30)28-20)15-18-14-16(3)29(5)17(18)4/h9-10,12-15,24H,7-8,11H2,1-6H3/b22-15+/t24-/m1/s1. The van der Waals surface area contributed by atoms with Crippen molar-refractivity contribution in [2.75, 3.05) is 13.7 Å². The maximum atomic E-state index is 13.9. The zero-order chi connectivity index (χ0) is 25.3. The highest BCUT2D eigenvalue weighted by atomic mass is 32.1. The van der Waals surface area contributed by atoms with Crippen LogP contribution in [-0.4, -0.2) is 28.8 Å². The molecule has 0 radical (unpaired) electrons. The zero-order valence-electron chi connectivity index (χ0n) is 21.0. The number of aryl methyl sites for hydroxylation is 1. The maximum Gasteiger partial charge on any atom is 0.338 e. The third kappa shape index (κ3) is 4.38. The van der Waals surface area contributed by atoms with Gasteiger partial charge in [0.15, 0.2) is 4.80 Å². The zero-order valence-corrected chi connectivity index (χ0v) is 21.9. The molecule has 1 aliphatic heterocycles. The van der Waals surface area contributed by atoms with Crippen LogP contribution >= 0.6 is 11.3 Å². The quantitative estimate of drug-likeness (QED) is 0.472. The molecule has 1 aromatic carbocycles. The number of hydrogen-bond donors (Lipinski definition) is 0. The lowest BCUT2D eigenvalue weighted by molar-refractivity contribution is -0.139. The van der Waals surface area contributed by atoms with Crippen LogP contribution in [0, 0.1) is 13.8 Å². The fourth-order valence-electron chi connectivity index (χ4n) is 4.48. The number of methoxy groups -OCH3 is 1. The Kier molecular flexibility index (Phi) is 7.12. The minimum Gasteiger partial charge on any atom is -0.496 e. The van der Waals surface area contributed by atoms with Gasteiger partial charge in [0.1, 0.15) is 11.8 Å². The van der Waals surface area contributed by atoms with Gasteiger partial charge in [0.25, 0.3) is 5.56 Å². The van der Waals surface area contributed by atoms with E-state index in [2.05, 4.69) is 10.6 Å². The number of carbonyl (C=O) groups is 1. The molecule has 7 nitrogen and oxygen atoms in total. The largest absolute Gasteiger partial charge is 0.496 e. The van der Waals surface area contributed by atoms with Gasteiger partial charge < -0.3 is 14.0 Å². The Morgan fingerprint density at radius 1 is 1.23 bits per heavy atom. The van der Waals surface area contributed by atoms with Gasteiger partial charge in [-0.1, -0.05) is 42.9 Å². The van der Waals surface area contributed by atoms with E-state index in [1.54, 1.807) is 18.6 Å². The topological polar surface area (TPSA) is 74.8 Å². The van der Waals surface area contributed by atoms with Crippen LogP contribution in [-0.2, 0) is 16.6 Å². The van der Waals surface area contributed by atoms with Crippen molar-refractivity contribution < 1.29 is 14.3 Å². The van der Waals surface area contributed by atoms with Gasteiger partial charge in [0, 0.05) is 24.0 Å². The van der Waals surface area contributed by atoms with Gasteiger partial charge in [-0.3, -0.25) is 9.36 Å². The monoisotopic (exact) mass is 493 g/mol. The average Bonchev–Trinajstić information content (AvgIpc) is 3.28. The first-order chi connectivity index (χ1) is 16.8. The summed E-state index contributed by atoms with van der Waals surface area (Å²) in [6, 6.07) is 8.85. The van der Waals surface area contributed by atoms with Gasteiger partial charge in [-0.15, -0.1) is 0 Å². The fraction of sp³-hybridized carbons (Fsp3) is 0.370. The normalized spacial score (nSPS) is 15.7. The molecule has 2 aromatic heterocycles. The summed E-state index contributed by atoms with van der Waals surface area (Å²) in [5.41, 5.74) is 4.76. The number of carbonyl (C=O) groups excluding carboxylic acids is 1. The molecule has 184 valence electrons. The van der Waals surface area contributed by atoms with E-state index in [0.29, 0.717) is 32.8 Å². The van der Waals surface area contributed by atoms with Crippen LogP contribution in [0.1, 0.15) is 55.2 Å². The molecular formula is C27H31N3O4S. The molecular weight excluding hydrogens is 462 g/mol. The molecule has 0 unspecified atom stereocenters. The Labute approximate surface area is 208 Å². The van der Waals surface area contributed by atoms with Crippen molar-refractivity contribution in [3.05, 3.63) is 83.8 Å². The smallest absolute Gasteiger partial charge is 0.338 e. The number of aromatic nitrogens is 2. The summed E-state index contributed by atoms with van der Waals surface area (Å²) in [7, 11) is 3.59. The van der Waals surface area contributed by atoms with Gasteiger partial charge in [-0.25, -0.2) is 9.79 Å². The Balaban J connectivity index is 2.05. The Hall–Kier alpha value is -3.39. The first-order valence-corrected chi connectivity index (χ1v) is 12.6. The molecule has 35 heavy (non-hydrogen) atoms. The molecule has 8 heteroatoms. The number of esters is 1. The summed E-state index contributed by atoms with van der Waals surface area (Å²) in [5, 5.41) is 0. The van der Waals surface area contributed by atoms with Crippen molar-refractivity contribution in [2.45, 2.75) is 46.6 Å². The van der Waals surface area contributed by atoms with Gasteiger partial charge in [-0.2, -0.15) is 0 Å². The van der Waals surface area contributed by atoms with Crippen molar-refractivity contribution >= 4 is 23.4 Å². The van der Waals surface area contributed by atoms with Crippen LogP contribution in [0.2, 0.25) is 0 Å². The molecule has 0 saturated heterocycles. The average molecular weight is 494 g/mol. The molecule has 0 fully saturated rings. The number of benzene rings is 1. The molecule has 0 N–H and O–H groups in total. The van der Waals surface area contributed by atoms with Crippen molar-refractivity contribution in [3.8, 4) is 5.75 Å². The predicted octanol–water partition coefficient (Wildman–Crippen LogP) is 3.54. The first-order valence-electron chi connectivity index (χ1n) is 11.8. The number of thiazole rings is 1. The van der Waals surface area contributed by atoms with Crippen molar-refractivity contribution in [1.29, 1.82) is 0 Å². The second-order valence-corrected chi connectivity index (χ2v) is 9.55. The predicted molar refractivity (Wildman–Crippen MR) is 138 cm³/mol. The summed E-state index contributed by atoms with van der Waals surface area (Å²) in [4.78, 5) is 32.5. The second kappa shape index (κ2) is 10.1. The lowest BCUT2D eigenvalue weighted by Gasteiger charge is -2.26. The van der Waals surface area contributed by atoms with Crippen molar-refractivity contribution in [3.63, 3.8) is 0 Å². The van der Waals surface area contributed by atoms with E-state index >= 15 is 0 Å². The highest BCUT2D eigenvalue weighted by molar-refractivity contribution is 7.07. The third-order valence-electron chi connectivity index (χ3n) is 6.43. The highest BCUT2D eigenvalue weighted by Crippen LogP contribution is 2.36. The SMILES string of the molecule is CCCC1=C(C(=O)OCC)[C@@H](c2ccccc2OC)n2c(s/c(=C/c3cc(C)n(C)c3C)c2=O)=N1. The minimum atomic E-state index is -0.691. The number of rotatable bonds is 7. The number of para-hydroxylation sites is 1. The molecule has 1 atom stereocenters. The van der Waals surface area contributed by atoms with Gasteiger partial charge in [-0.05, 0) is 51.0 Å². The van der Waals surface area contributed by atoms with Crippen molar-refractivity contribution in [1.82, 2.24) is 9.13 Å². The summed E-state index contributed by atoms with van der Waals surface area (Å²) in [5.74, 6) is 0.139. The van der Waals surface area contributed by atoms with Crippen LogP contribution in [0.15, 0.2) is 51.4 Å². The lowest BCUT2D eigenvalue weighted by atomic mass is 9.93. The second-order valence-electron chi connectivity index (χ2n) is 8.54. The summed E-state index contributed by atoms with van der Waals surface area (Å²) in [6.07, 6.45) is 3.32. The summed E-state index contributed by atoms with van der Waals surface area (Å²) < 4.78 is 15.4. The molecule has 0 spiro atoms. The van der Waals surface area contributed by atoms with E-state index < -0.39 is 12.0 Å². The molecule has 1 aliphatic rings. The summed E-state index contributed by atoms with van der Waals surface area (Å²) in [6.45, 7) is 8.12. The number of ether oxygens (including phenoxy) is 2. The van der Waals surface area contributed by atoms with E-state index in [4.69, 9.17) is 14.5 Å². The van der Waals surface area contributed by atoms with Gasteiger partial charge >= 0.3 is 5.97 Å². The van der Waals surface area contributed by atoms with Crippen LogP contribution in [0.5, 0.6) is 5.75 Å². The molecule has 0 aliphatic carbocycles. The number of fused-ring (bicyclic) bond motifs is 1. The van der Waals surface area contributed by atoms with Crippen molar-refractivity contribution in [2.24, 2.45) is 12.0 Å². The molecule has 4 rings (SSSR count). The molecule has 3 aromatic rings. The molecule has 0 bridgehead atoms. The van der Waals surface area contributed by atoms with Crippen LogP contribution in [0.4, 0.5) is 0 Å². The van der Waals surface area contributed by atoms with Gasteiger partial charge in [0.05, 0.1) is 29.5 Å². The summed E-state index contributed by atoms with van der Waals surface area (Å²) >= 11 is 1.34. The highest BCUT2D eigenvalue weighted by Gasteiger charge is 2.35. The van der Waals surface area contributed by atoms with Crippen LogP contribution in [0.3, 0.4) is 0 Å². The number of nitrogens with zero attached hydrogens (tertiary/aromatic N) is 3. The molecule has 0 saturated carbocycles. The fourth-order valence-corrected chi connectivity index (χ4v) is 5.49. The van der Waals surface area contributed by atoms with Crippen LogP contribution in [0.25, 0.3) is 6.08 Å². The Bertz CT molecular complexity index is 1490. The molecule has 0 amide bonds. The number of hydrogen-bond acceptors (Lipinski definition) is 6.